The monoisotopic (exact) mass is 530 g/mol. The average molecular weight is 531 g/mol. The molecule has 39 heavy (non-hydrogen) atoms. The summed E-state index contributed by atoms with van der Waals surface area (Å²) in [6, 6.07) is 24.4. The number of carbonyl (C=O) groups is 3. The molecule has 3 aromatic rings. The van der Waals surface area contributed by atoms with Gasteiger partial charge in [-0.25, -0.2) is 4.79 Å². The molecule has 0 bridgehead atoms. The number of nitrogens with one attached hydrogen (secondary N) is 1. The number of carbonyl (C=O) groups excluding carboxylic acids is 2. The van der Waals surface area contributed by atoms with Crippen LogP contribution in [0.3, 0.4) is 0 Å². The number of hydrogen-bond donors (Lipinski definition) is 2. The van der Waals surface area contributed by atoms with Gasteiger partial charge < -0.3 is 24.8 Å². The van der Waals surface area contributed by atoms with Gasteiger partial charge in [-0.05, 0) is 41.2 Å². The van der Waals surface area contributed by atoms with Gasteiger partial charge in [-0.1, -0.05) is 85.8 Å². The maximum Gasteiger partial charge on any atom is 0.407 e. The Labute approximate surface area is 228 Å². The van der Waals surface area contributed by atoms with Crippen molar-refractivity contribution in [1.29, 1.82) is 0 Å². The van der Waals surface area contributed by atoms with E-state index in [0.29, 0.717) is 6.42 Å². The third kappa shape index (κ3) is 6.83. The molecule has 0 saturated carbocycles. The van der Waals surface area contributed by atoms with Gasteiger partial charge >= 0.3 is 12.1 Å². The van der Waals surface area contributed by atoms with Crippen molar-refractivity contribution in [3.63, 3.8) is 0 Å². The fourth-order valence-corrected chi connectivity index (χ4v) is 4.94. The summed E-state index contributed by atoms with van der Waals surface area (Å²) in [7, 11) is 0. The number of aliphatic carboxylic acids is 1. The van der Waals surface area contributed by atoms with Crippen LogP contribution in [0.5, 0.6) is 0 Å². The van der Waals surface area contributed by atoms with Gasteiger partial charge in [-0.3, -0.25) is 9.59 Å². The molecule has 0 spiro atoms. The van der Waals surface area contributed by atoms with Crippen LogP contribution in [0.2, 0.25) is 0 Å². The number of fused-ring (bicyclic) bond motifs is 3. The molecule has 0 unspecified atom stereocenters. The standard InChI is InChI=1S/C31H34N2O6/c1-3-17-33(18-28(34)35)30(36)29(21(2)38-19-22-11-5-4-6-12-22)32-31(37)39-20-27-25-15-9-7-13-23(25)24-14-8-10-16-26(24)27/h4-16,21,27,29H,3,17-20H2,1-2H3,(H,32,37)(H,34,35)/t21-,29+/m0/s1. The fraction of sp³-hybridized carbons (Fsp3) is 0.323. The number of nitrogens with zero attached hydrogens (tertiary/aromatic N) is 1. The van der Waals surface area contributed by atoms with E-state index in [9.17, 15) is 19.5 Å². The SMILES string of the molecule is CCCN(CC(=O)O)C(=O)[C@H](NC(=O)OCC1c2ccccc2-c2ccccc21)[C@H](C)OCc1ccccc1. The lowest BCUT2D eigenvalue weighted by Gasteiger charge is -2.30. The predicted octanol–water partition coefficient (Wildman–Crippen LogP) is 4.82. The Bertz CT molecular complexity index is 1250. The maximum absolute atomic E-state index is 13.5. The summed E-state index contributed by atoms with van der Waals surface area (Å²) in [4.78, 5) is 39.2. The summed E-state index contributed by atoms with van der Waals surface area (Å²) < 4.78 is 11.6. The number of hydrogen-bond acceptors (Lipinski definition) is 5. The molecule has 0 aliphatic heterocycles. The quantitative estimate of drug-likeness (QED) is 0.348. The summed E-state index contributed by atoms with van der Waals surface area (Å²) in [5.74, 6) is -1.80. The molecule has 8 heteroatoms. The summed E-state index contributed by atoms with van der Waals surface area (Å²) in [6.45, 7) is 3.62. The lowest BCUT2D eigenvalue weighted by molar-refractivity contribution is -0.147. The molecule has 2 N–H and O–H groups in total. The van der Waals surface area contributed by atoms with Crippen LogP contribution < -0.4 is 5.32 Å². The van der Waals surface area contributed by atoms with Crippen molar-refractivity contribution < 1.29 is 29.0 Å². The highest BCUT2D eigenvalue weighted by Crippen LogP contribution is 2.44. The fourth-order valence-electron chi connectivity index (χ4n) is 4.94. The highest BCUT2D eigenvalue weighted by atomic mass is 16.5. The Morgan fingerprint density at radius 3 is 2.10 bits per heavy atom. The average Bonchev–Trinajstić information content (AvgIpc) is 3.27. The Hall–Kier alpha value is -4.17. The second-order valence-electron chi connectivity index (χ2n) is 9.60. The normalized spacial score (nSPS) is 13.6. The number of alkyl carbamates (subject to hydrolysis) is 1. The van der Waals surface area contributed by atoms with Crippen LogP contribution in [0.1, 0.15) is 42.9 Å². The highest BCUT2D eigenvalue weighted by molar-refractivity contribution is 5.88. The maximum atomic E-state index is 13.5. The topological polar surface area (TPSA) is 105 Å². The highest BCUT2D eigenvalue weighted by Gasteiger charge is 2.34. The van der Waals surface area contributed by atoms with E-state index in [1.807, 2.05) is 73.7 Å². The number of rotatable bonds is 12. The van der Waals surface area contributed by atoms with Gasteiger partial charge in [0.05, 0.1) is 12.7 Å². The lowest BCUT2D eigenvalue weighted by atomic mass is 9.98. The first-order chi connectivity index (χ1) is 18.9. The zero-order valence-electron chi connectivity index (χ0n) is 22.2. The summed E-state index contributed by atoms with van der Waals surface area (Å²) in [6.07, 6.45) is -0.945. The van der Waals surface area contributed by atoms with Gasteiger partial charge in [0.1, 0.15) is 19.2 Å². The largest absolute Gasteiger partial charge is 0.480 e. The van der Waals surface area contributed by atoms with E-state index >= 15 is 0 Å². The molecule has 0 fully saturated rings. The summed E-state index contributed by atoms with van der Waals surface area (Å²) in [5.41, 5.74) is 5.29. The van der Waals surface area contributed by atoms with Crippen LogP contribution in [-0.2, 0) is 25.7 Å². The molecule has 204 valence electrons. The molecule has 0 heterocycles. The molecule has 0 aromatic heterocycles. The van der Waals surface area contributed by atoms with Crippen molar-refractivity contribution in [2.24, 2.45) is 0 Å². The first kappa shape index (κ1) is 27.9. The van der Waals surface area contributed by atoms with E-state index < -0.39 is 36.7 Å². The third-order valence-electron chi connectivity index (χ3n) is 6.84. The van der Waals surface area contributed by atoms with Crippen molar-refractivity contribution >= 4 is 18.0 Å². The van der Waals surface area contributed by atoms with Crippen molar-refractivity contribution in [2.75, 3.05) is 19.7 Å². The van der Waals surface area contributed by atoms with E-state index in [1.54, 1.807) is 6.92 Å². The summed E-state index contributed by atoms with van der Waals surface area (Å²) >= 11 is 0. The molecular weight excluding hydrogens is 496 g/mol. The minimum absolute atomic E-state index is 0.0911. The smallest absolute Gasteiger partial charge is 0.407 e. The third-order valence-corrected chi connectivity index (χ3v) is 6.84. The van der Waals surface area contributed by atoms with Gasteiger partial charge in [0.15, 0.2) is 0 Å². The first-order valence-corrected chi connectivity index (χ1v) is 13.2. The van der Waals surface area contributed by atoms with Crippen LogP contribution in [0.4, 0.5) is 4.79 Å². The zero-order valence-corrected chi connectivity index (χ0v) is 22.2. The van der Waals surface area contributed by atoms with Crippen LogP contribution >= 0.6 is 0 Å². The number of ether oxygens (including phenoxy) is 2. The van der Waals surface area contributed by atoms with E-state index in [0.717, 1.165) is 27.8 Å². The zero-order chi connectivity index (χ0) is 27.8. The van der Waals surface area contributed by atoms with Gasteiger partial charge in [0.25, 0.3) is 0 Å². The Morgan fingerprint density at radius 1 is 0.923 bits per heavy atom. The van der Waals surface area contributed by atoms with E-state index in [-0.39, 0.29) is 25.7 Å². The molecule has 1 aliphatic rings. The van der Waals surface area contributed by atoms with Crippen LogP contribution in [0.25, 0.3) is 11.1 Å². The van der Waals surface area contributed by atoms with E-state index in [1.165, 1.54) is 4.90 Å². The van der Waals surface area contributed by atoms with Crippen molar-refractivity contribution in [3.05, 3.63) is 95.6 Å². The first-order valence-electron chi connectivity index (χ1n) is 13.2. The molecule has 2 amide bonds. The van der Waals surface area contributed by atoms with Crippen molar-refractivity contribution in [2.45, 2.75) is 44.9 Å². The molecular formula is C31H34N2O6. The van der Waals surface area contributed by atoms with Gasteiger partial charge in [-0.15, -0.1) is 0 Å². The van der Waals surface area contributed by atoms with Crippen molar-refractivity contribution in [1.82, 2.24) is 10.2 Å². The molecule has 0 saturated heterocycles. The number of carboxylic acid groups (broad SMARTS) is 1. The number of amides is 2. The van der Waals surface area contributed by atoms with Crippen LogP contribution in [0, 0.1) is 0 Å². The van der Waals surface area contributed by atoms with Crippen molar-refractivity contribution in [3.8, 4) is 11.1 Å². The Kier molecular flexibility index (Phi) is 9.33. The molecule has 1 aliphatic carbocycles. The Morgan fingerprint density at radius 2 is 1.51 bits per heavy atom. The minimum atomic E-state index is -1.13. The number of carboxylic acids is 1. The van der Waals surface area contributed by atoms with Gasteiger partial charge in [0.2, 0.25) is 5.91 Å². The molecule has 2 atom stereocenters. The van der Waals surface area contributed by atoms with Gasteiger partial charge in [0, 0.05) is 12.5 Å². The summed E-state index contributed by atoms with van der Waals surface area (Å²) in [5, 5.41) is 12.0. The second-order valence-corrected chi connectivity index (χ2v) is 9.60. The molecule has 3 aromatic carbocycles. The van der Waals surface area contributed by atoms with E-state index in [2.05, 4.69) is 17.4 Å². The number of benzene rings is 3. The molecule has 8 nitrogen and oxygen atoms in total. The molecule has 0 radical (unpaired) electrons. The Balaban J connectivity index is 1.48. The molecule has 4 rings (SSSR count). The lowest BCUT2D eigenvalue weighted by Crippen LogP contribution is -2.55. The van der Waals surface area contributed by atoms with Crippen LogP contribution in [0.15, 0.2) is 78.9 Å². The minimum Gasteiger partial charge on any atom is -0.480 e. The predicted molar refractivity (Wildman–Crippen MR) is 147 cm³/mol. The van der Waals surface area contributed by atoms with Crippen LogP contribution in [-0.4, -0.2) is 59.8 Å². The van der Waals surface area contributed by atoms with E-state index in [4.69, 9.17) is 9.47 Å². The van der Waals surface area contributed by atoms with Gasteiger partial charge in [-0.2, -0.15) is 0 Å². The second kappa shape index (κ2) is 13.1.